The maximum atomic E-state index is 8.81. The molecule has 0 aliphatic carbocycles. The van der Waals surface area contributed by atoms with Gasteiger partial charge in [0.05, 0.1) is 0 Å². The van der Waals surface area contributed by atoms with E-state index < -0.39 is 0 Å². The van der Waals surface area contributed by atoms with Crippen LogP contribution < -0.4 is 11.1 Å². The Morgan fingerprint density at radius 1 is 1.19 bits per heavy atom. The number of benzene rings is 1. The first-order valence-corrected chi connectivity index (χ1v) is 6.88. The molecule has 0 bridgehead atoms. The lowest BCUT2D eigenvalue weighted by atomic mass is 10.0. The van der Waals surface area contributed by atoms with Crippen molar-refractivity contribution in [1.29, 1.82) is 0 Å². The molecular weight excluding hydrogens is 264 g/mol. The highest BCUT2D eigenvalue weighted by Crippen LogP contribution is 2.22. The normalized spacial score (nSPS) is 14.6. The van der Waals surface area contributed by atoms with Crippen molar-refractivity contribution >= 4 is 5.84 Å². The number of nitrogens with two attached hydrogens (primary N) is 1. The molecule has 0 saturated heterocycles. The molecule has 110 valence electrons. The molecule has 0 saturated carbocycles. The Morgan fingerprint density at radius 3 is 2.48 bits per heavy atom. The molecule has 0 aliphatic heterocycles. The van der Waals surface area contributed by atoms with Gasteiger partial charge in [0.2, 0.25) is 0 Å². The van der Waals surface area contributed by atoms with Gasteiger partial charge in [-0.05, 0) is 30.2 Å². The fourth-order valence-electron chi connectivity index (χ4n) is 2.26. The molecule has 0 spiro atoms. The highest BCUT2D eigenvalue weighted by molar-refractivity contribution is 5.80. The van der Waals surface area contributed by atoms with Crippen LogP contribution in [-0.4, -0.2) is 16.0 Å². The number of hydrogen-bond donors (Lipinski definition) is 3. The number of oxime groups is 1. The molecule has 2 unspecified atom stereocenters. The topological polar surface area (TPSA) is 83.5 Å². The van der Waals surface area contributed by atoms with Crippen LogP contribution in [0.2, 0.25) is 0 Å². The quantitative estimate of drug-likeness (QED) is 0.329. The Kier molecular flexibility index (Phi) is 5.29. The number of amidine groups is 1. The van der Waals surface area contributed by atoms with E-state index in [4.69, 9.17) is 10.9 Å². The molecule has 2 aromatic rings. The van der Waals surface area contributed by atoms with E-state index in [-0.39, 0.29) is 17.9 Å². The average molecular weight is 284 g/mol. The summed E-state index contributed by atoms with van der Waals surface area (Å²) in [6.45, 7) is 2.08. The van der Waals surface area contributed by atoms with E-state index in [2.05, 4.69) is 22.4 Å². The van der Waals surface area contributed by atoms with E-state index in [1.807, 2.05) is 42.5 Å². The maximum Gasteiger partial charge on any atom is 0.141 e. The van der Waals surface area contributed by atoms with Crippen LogP contribution in [0.15, 0.2) is 60.0 Å². The van der Waals surface area contributed by atoms with E-state index in [1.165, 1.54) is 0 Å². The molecule has 0 amide bonds. The Hall–Kier alpha value is -2.40. The molecule has 4 N–H and O–H groups in total. The van der Waals surface area contributed by atoms with Crippen molar-refractivity contribution < 1.29 is 5.21 Å². The highest BCUT2D eigenvalue weighted by Gasteiger charge is 2.17. The predicted molar refractivity (Wildman–Crippen MR) is 83.0 cm³/mol. The smallest absolute Gasteiger partial charge is 0.141 e. The van der Waals surface area contributed by atoms with Gasteiger partial charge in [-0.25, -0.2) is 0 Å². The van der Waals surface area contributed by atoms with Crippen LogP contribution in [0.25, 0.3) is 0 Å². The van der Waals surface area contributed by atoms with Crippen molar-refractivity contribution in [1.82, 2.24) is 10.3 Å². The van der Waals surface area contributed by atoms with E-state index in [1.54, 1.807) is 12.4 Å². The summed E-state index contributed by atoms with van der Waals surface area (Å²) in [6, 6.07) is 14.0. The minimum Gasteiger partial charge on any atom is -0.409 e. The number of aromatic nitrogens is 1. The van der Waals surface area contributed by atoms with Crippen molar-refractivity contribution in [2.24, 2.45) is 10.9 Å². The van der Waals surface area contributed by atoms with Crippen molar-refractivity contribution in [3.05, 3.63) is 66.0 Å². The van der Waals surface area contributed by atoms with Crippen molar-refractivity contribution in [3.63, 3.8) is 0 Å². The molecule has 1 aromatic heterocycles. The van der Waals surface area contributed by atoms with Gasteiger partial charge in [0.25, 0.3) is 0 Å². The highest BCUT2D eigenvalue weighted by atomic mass is 16.4. The fourth-order valence-corrected chi connectivity index (χ4v) is 2.26. The third kappa shape index (κ3) is 4.29. The van der Waals surface area contributed by atoms with Crippen LogP contribution in [0.1, 0.15) is 36.6 Å². The van der Waals surface area contributed by atoms with Crippen LogP contribution in [0.3, 0.4) is 0 Å². The summed E-state index contributed by atoms with van der Waals surface area (Å²) in [5, 5.41) is 15.4. The Bertz CT molecular complexity index is 571. The summed E-state index contributed by atoms with van der Waals surface area (Å²) in [4.78, 5) is 4.03. The van der Waals surface area contributed by atoms with Crippen LogP contribution in [0.5, 0.6) is 0 Å². The second-order valence-corrected chi connectivity index (χ2v) is 4.93. The average Bonchev–Trinajstić information content (AvgIpc) is 2.55. The minimum atomic E-state index is -0.0229. The van der Waals surface area contributed by atoms with Crippen molar-refractivity contribution in [2.45, 2.75) is 25.4 Å². The number of rotatable bonds is 6. The zero-order valence-electron chi connectivity index (χ0n) is 12.0. The van der Waals surface area contributed by atoms with E-state index in [9.17, 15) is 0 Å². The zero-order chi connectivity index (χ0) is 15.1. The van der Waals surface area contributed by atoms with Crippen LogP contribution >= 0.6 is 0 Å². The first kappa shape index (κ1) is 15.0. The van der Waals surface area contributed by atoms with Crippen LogP contribution in [-0.2, 0) is 0 Å². The molecule has 1 heterocycles. The monoisotopic (exact) mass is 284 g/mol. The van der Waals surface area contributed by atoms with Gasteiger partial charge in [0.15, 0.2) is 0 Å². The summed E-state index contributed by atoms with van der Waals surface area (Å²) < 4.78 is 0. The van der Waals surface area contributed by atoms with Gasteiger partial charge in [-0.1, -0.05) is 35.5 Å². The Morgan fingerprint density at radius 2 is 1.86 bits per heavy atom. The van der Waals surface area contributed by atoms with Crippen molar-refractivity contribution in [2.75, 3.05) is 0 Å². The second kappa shape index (κ2) is 7.40. The third-order valence-electron chi connectivity index (χ3n) is 3.40. The number of nitrogens with one attached hydrogen (secondary N) is 1. The SMILES string of the molecule is CC(NC(CC(N)=NO)c1ccccc1)c1ccncc1. The third-order valence-corrected chi connectivity index (χ3v) is 3.40. The predicted octanol–water partition coefficient (Wildman–Crippen LogP) is 2.61. The second-order valence-electron chi connectivity index (χ2n) is 4.93. The molecule has 1 aromatic carbocycles. The summed E-state index contributed by atoms with van der Waals surface area (Å²) in [5.74, 6) is 0.207. The lowest BCUT2D eigenvalue weighted by molar-refractivity contribution is 0.315. The first-order valence-electron chi connectivity index (χ1n) is 6.88. The van der Waals surface area contributed by atoms with E-state index in [0.717, 1.165) is 11.1 Å². The summed E-state index contributed by atoms with van der Waals surface area (Å²) in [6.07, 6.45) is 3.99. The first-order chi connectivity index (χ1) is 10.2. The number of hydrogen-bond acceptors (Lipinski definition) is 4. The molecule has 0 radical (unpaired) electrons. The Balaban J connectivity index is 2.16. The minimum absolute atomic E-state index is 0.0229. The van der Waals surface area contributed by atoms with E-state index >= 15 is 0 Å². The summed E-state index contributed by atoms with van der Waals surface area (Å²) in [7, 11) is 0. The van der Waals surface area contributed by atoms with Crippen LogP contribution in [0.4, 0.5) is 0 Å². The van der Waals surface area contributed by atoms with Gasteiger partial charge in [0.1, 0.15) is 5.84 Å². The van der Waals surface area contributed by atoms with Gasteiger partial charge >= 0.3 is 0 Å². The molecule has 5 nitrogen and oxygen atoms in total. The summed E-state index contributed by atoms with van der Waals surface area (Å²) in [5.41, 5.74) is 7.92. The lowest BCUT2D eigenvalue weighted by Crippen LogP contribution is -2.29. The number of nitrogens with zero attached hydrogens (tertiary/aromatic N) is 2. The fraction of sp³-hybridized carbons (Fsp3) is 0.250. The van der Waals surface area contributed by atoms with E-state index in [0.29, 0.717) is 6.42 Å². The van der Waals surface area contributed by atoms with Crippen LogP contribution in [0, 0.1) is 0 Å². The van der Waals surface area contributed by atoms with Gasteiger partial charge in [0, 0.05) is 30.9 Å². The van der Waals surface area contributed by atoms with Gasteiger partial charge in [-0.2, -0.15) is 0 Å². The van der Waals surface area contributed by atoms with Crippen molar-refractivity contribution in [3.8, 4) is 0 Å². The Labute approximate surface area is 124 Å². The largest absolute Gasteiger partial charge is 0.409 e. The number of pyridine rings is 1. The summed E-state index contributed by atoms with van der Waals surface area (Å²) >= 11 is 0. The van der Waals surface area contributed by atoms with Gasteiger partial charge in [-0.3, -0.25) is 4.98 Å². The standard InChI is InChI=1S/C16H20N4O/c1-12(13-7-9-18-10-8-13)19-15(11-16(17)20-21)14-5-3-2-4-6-14/h2-10,12,15,19,21H,11H2,1H3,(H2,17,20). The molecular formula is C16H20N4O. The van der Waals surface area contributed by atoms with Gasteiger partial charge < -0.3 is 16.3 Å². The zero-order valence-corrected chi connectivity index (χ0v) is 12.0. The molecule has 21 heavy (non-hydrogen) atoms. The molecule has 2 rings (SSSR count). The van der Waals surface area contributed by atoms with Gasteiger partial charge in [-0.15, -0.1) is 0 Å². The molecule has 0 fully saturated rings. The molecule has 5 heteroatoms. The maximum absolute atomic E-state index is 8.81. The lowest BCUT2D eigenvalue weighted by Gasteiger charge is -2.23. The molecule has 2 atom stereocenters. The molecule has 0 aliphatic rings.